The summed E-state index contributed by atoms with van der Waals surface area (Å²) in [4.78, 5) is 39.2. The van der Waals surface area contributed by atoms with Gasteiger partial charge < -0.3 is 10.0 Å². The Morgan fingerprint density at radius 1 is 0.879 bits per heavy atom. The van der Waals surface area contributed by atoms with E-state index in [4.69, 9.17) is 0 Å². The van der Waals surface area contributed by atoms with Crippen molar-refractivity contribution in [1.82, 2.24) is 0 Å². The molecule has 5 rings (SSSR count). The molecule has 5 nitrogen and oxygen atoms in total. The van der Waals surface area contributed by atoms with Gasteiger partial charge >= 0.3 is 5.97 Å². The summed E-state index contributed by atoms with van der Waals surface area (Å²) in [5.74, 6) is -1.93. The Hall–Kier alpha value is -3.77. The van der Waals surface area contributed by atoms with Gasteiger partial charge in [-0.2, -0.15) is 0 Å². The fourth-order valence-electron chi connectivity index (χ4n) is 4.41. The first kappa shape index (κ1) is 21.1. The molecule has 0 spiro atoms. The molecular formula is C27H21NO4S. The minimum atomic E-state index is -1.13. The summed E-state index contributed by atoms with van der Waals surface area (Å²) >= 11 is 1.69. The third-order valence-corrected chi connectivity index (χ3v) is 7.28. The van der Waals surface area contributed by atoms with E-state index in [1.165, 1.54) is 34.0 Å². The normalized spacial score (nSPS) is 14.4. The van der Waals surface area contributed by atoms with Gasteiger partial charge in [-0.1, -0.05) is 18.2 Å². The summed E-state index contributed by atoms with van der Waals surface area (Å²) in [5.41, 5.74) is 2.42. The van der Waals surface area contributed by atoms with E-state index in [1.54, 1.807) is 17.4 Å². The molecule has 0 unspecified atom stereocenters. The highest BCUT2D eigenvalue weighted by Crippen LogP contribution is 2.37. The largest absolute Gasteiger partial charge is 0.478 e. The summed E-state index contributed by atoms with van der Waals surface area (Å²) in [6.07, 6.45) is 1.61. The average Bonchev–Trinajstić information content (AvgIpc) is 3.29. The Morgan fingerprint density at radius 3 is 2.24 bits per heavy atom. The molecule has 1 aliphatic rings. The highest BCUT2D eigenvalue weighted by molar-refractivity contribution is 7.25. The maximum absolute atomic E-state index is 12.9. The molecular weight excluding hydrogens is 434 g/mol. The Bertz CT molecular complexity index is 1510. The quantitative estimate of drug-likeness (QED) is 0.292. The van der Waals surface area contributed by atoms with E-state index < -0.39 is 11.8 Å². The first-order valence-electron chi connectivity index (χ1n) is 10.8. The lowest BCUT2D eigenvalue weighted by Gasteiger charge is -2.20. The van der Waals surface area contributed by atoms with Crippen molar-refractivity contribution in [2.45, 2.75) is 13.8 Å². The summed E-state index contributed by atoms with van der Waals surface area (Å²) in [6, 6.07) is 16.5. The Morgan fingerprint density at radius 2 is 1.55 bits per heavy atom. The number of ketones is 2. The van der Waals surface area contributed by atoms with Gasteiger partial charge in [-0.3, -0.25) is 9.59 Å². The number of aromatic carboxylic acids is 1. The number of benzene rings is 3. The molecule has 33 heavy (non-hydrogen) atoms. The maximum Gasteiger partial charge on any atom is 0.335 e. The Labute approximate surface area is 194 Å². The van der Waals surface area contributed by atoms with Gasteiger partial charge in [-0.25, -0.2) is 4.79 Å². The fraction of sp³-hybridized carbons (Fsp3) is 0.148. The van der Waals surface area contributed by atoms with Crippen LogP contribution >= 0.6 is 11.3 Å². The molecule has 0 atom stereocenters. The van der Waals surface area contributed by atoms with E-state index in [-0.39, 0.29) is 28.0 Å². The van der Waals surface area contributed by atoms with E-state index in [1.807, 2.05) is 18.2 Å². The Balaban J connectivity index is 1.55. The molecule has 0 amide bonds. The molecule has 6 heteroatoms. The van der Waals surface area contributed by atoms with Crippen molar-refractivity contribution in [3.63, 3.8) is 0 Å². The predicted octanol–water partition coefficient (Wildman–Crippen LogP) is 6.06. The van der Waals surface area contributed by atoms with Crippen molar-refractivity contribution in [3.8, 4) is 0 Å². The van der Waals surface area contributed by atoms with Crippen LogP contribution < -0.4 is 4.90 Å². The number of carboxylic acid groups (broad SMARTS) is 1. The van der Waals surface area contributed by atoms with Gasteiger partial charge in [0.1, 0.15) is 0 Å². The van der Waals surface area contributed by atoms with Crippen molar-refractivity contribution in [2.24, 2.45) is 0 Å². The lowest BCUT2D eigenvalue weighted by Crippen LogP contribution is -2.21. The average molecular weight is 456 g/mol. The highest BCUT2D eigenvalue weighted by atomic mass is 32.1. The van der Waals surface area contributed by atoms with Crippen LogP contribution in [0.2, 0.25) is 0 Å². The molecule has 4 aromatic rings. The number of fused-ring (bicyclic) bond motifs is 4. The SMILES string of the molecule is CCN(CC)c1ccc2c(c1)sc1cc(/C=C3\C(=O)c4ccc(C(=O)O)cc4C3=O)ccc12. The van der Waals surface area contributed by atoms with Crippen LogP contribution in [0.1, 0.15) is 50.5 Å². The molecule has 0 aliphatic heterocycles. The highest BCUT2D eigenvalue weighted by Gasteiger charge is 2.33. The zero-order valence-corrected chi connectivity index (χ0v) is 19.0. The molecule has 1 N–H and O–H groups in total. The van der Waals surface area contributed by atoms with Crippen LogP contribution in [0.4, 0.5) is 5.69 Å². The Kier molecular flexibility index (Phi) is 5.10. The van der Waals surface area contributed by atoms with Crippen LogP contribution in [0.15, 0.2) is 60.2 Å². The number of Topliss-reactive ketones (excluding diaryl/α,β-unsaturated/α-hetero) is 2. The first-order valence-corrected chi connectivity index (χ1v) is 11.6. The monoisotopic (exact) mass is 455 g/mol. The van der Waals surface area contributed by atoms with E-state index in [0.29, 0.717) is 0 Å². The maximum atomic E-state index is 12.9. The summed E-state index contributed by atoms with van der Waals surface area (Å²) in [5, 5.41) is 11.5. The van der Waals surface area contributed by atoms with Crippen molar-refractivity contribution < 1.29 is 19.5 Å². The number of allylic oxidation sites excluding steroid dienone is 1. The van der Waals surface area contributed by atoms with Gasteiger partial charge in [-0.05, 0) is 61.9 Å². The van der Waals surface area contributed by atoms with E-state index in [2.05, 4.69) is 36.9 Å². The molecule has 0 bridgehead atoms. The molecule has 1 aliphatic carbocycles. The molecule has 0 saturated heterocycles. The zero-order chi connectivity index (χ0) is 23.3. The second-order valence-corrected chi connectivity index (χ2v) is 9.08. The topological polar surface area (TPSA) is 74.7 Å². The molecule has 164 valence electrons. The lowest BCUT2D eigenvalue weighted by atomic mass is 10.0. The van der Waals surface area contributed by atoms with Crippen LogP contribution in [0.5, 0.6) is 0 Å². The minimum Gasteiger partial charge on any atom is -0.478 e. The van der Waals surface area contributed by atoms with Gasteiger partial charge in [0.2, 0.25) is 0 Å². The van der Waals surface area contributed by atoms with Gasteiger partial charge in [0.25, 0.3) is 0 Å². The third-order valence-electron chi connectivity index (χ3n) is 6.17. The third kappa shape index (κ3) is 3.43. The van der Waals surface area contributed by atoms with Crippen molar-refractivity contribution >= 4 is 60.8 Å². The van der Waals surface area contributed by atoms with Crippen LogP contribution in [0.25, 0.3) is 26.2 Å². The smallest absolute Gasteiger partial charge is 0.335 e. The zero-order valence-electron chi connectivity index (χ0n) is 18.2. The van der Waals surface area contributed by atoms with Crippen LogP contribution in [-0.4, -0.2) is 35.7 Å². The van der Waals surface area contributed by atoms with Crippen molar-refractivity contribution in [3.05, 3.63) is 82.4 Å². The van der Waals surface area contributed by atoms with E-state index in [9.17, 15) is 19.5 Å². The van der Waals surface area contributed by atoms with Gasteiger partial charge in [0, 0.05) is 50.1 Å². The molecule has 0 fully saturated rings. The minimum absolute atomic E-state index is 0.00748. The van der Waals surface area contributed by atoms with E-state index >= 15 is 0 Å². The number of hydrogen-bond donors (Lipinski definition) is 1. The summed E-state index contributed by atoms with van der Waals surface area (Å²) in [6.45, 7) is 6.18. The molecule has 0 radical (unpaired) electrons. The number of carbonyl (C=O) groups is 3. The standard InChI is InChI=1S/C27H21NO4S/c1-3-28(4-2)17-7-10-19-18-8-5-15(12-23(18)33-24(19)14-17)11-22-25(29)20-9-6-16(27(31)32)13-21(20)26(22)30/h5-14H,3-4H2,1-2H3,(H,31,32)/b22-11+. The van der Waals surface area contributed by atoms with Crippen LogP contribution in [-0.2, 0) is 0 Å². The first-order chi connectivity index (χ1) is 15.9. The van der Waals surface area contributed by atoms with Crippen molar-refractivity contribution in [2.75, 3.05) is 18.0 Å². The molecule has 1 aromatic heterocycles. The van der Waals surface area contributed by atoms with Crippen LogP contribution in [0, 0.1) is 0 Å². The molecule has 3 aromatic carbocycles. The number of carboxylic acids is 1. The second kappa shape index (κ2) is 7.98. The van der Waals surface area contributed by atoms with Crippen molar-refractivity contribution in [1.29, 1.82) is 0 Å². The van der Waals surface area contributed by atoms with E-state index in [0.717, 1.165) is 28.7 Å². The number of anilines is 1. The number of thiophene rings is 1. The second-order valence-electron chi connectivity index (χ2n) is 7.99. The molecule has 1 heterocycles. The van der Waals surface area contributed by atoms with Gasteiger partial charge in [0.15, 0.2) is 11.6 Å². The number of rotatable bonds is 5. The predicted molar refractivity (Wildman–Crippen MR) is 133 cm³/mol. The summed E-state index contributed by atoms with van der Waals surface area (Å²) in [7, 11) is 0. The van der Waals surface area contributed by atoms with Crippen LogP contribution in [0.3, 0.4) is 0 Å². The number of nitrogens with zero attached hydrogens (tertiary/aromatic N) is 1. The van der Waals surface area contributed by atoms with Gasteiger partial charge in [0.05, 0.1) is 11.1 Å². The lowest BCUT2D eigenvalue weighted by molar-refractivity contribution is 0.0696. The number of hydrogen-bond acceptors (Lipinski definition) is 5. The summed E-state index contributed by atoms with van der Waals surface area (Å²) < 4.78 is 2.28. The number of carbonyl (C=O) groups excluding carboxylic acids is 2. The fourth-order valence-corrected chi connectivity index (χ4v) is 5.60. The molecule has 0 saturated carbocycles. The van der Waals surface area contributed by atoms with Gasteiger partial charge in [-0.15, -0.1) is 11.3 Å².